The van der Waals surface area contributed by atoms with Crippen LogP contribution in [-0.2, 0) is 16.0 Å². The van der Waals surface area contributed by atoms with Crippen molar-refractivity contribution in [3.63, 3.8) is 0 Å². The van der Waals surface area contributed by atoms with Crippen molar-refractivity contribution in [3.8, 4) is 0 Å². The molecule has 25 heavy (non-hydrogen) atoms. The predicted molar refractivity (Wildman–Crippen MR) is 96.8 cm³/mol. The van der Waals surface area contributed by atoms with Crippen LogP contribution < -0.4 is 10.6 Å². The fourth-order valence-corrected chi connectivity index (χ4v) is 2.74. The van der Waals surface area contributed by atoms with E-state index in [4.69, 9.17) is 5.73 Å². The van der Waals surface area contributed by atoms with Gasteiger partial charge in [0.25, 0.3) is 0 Å². The van der Waals surface area contributed by atoms with Gasteiger partial charge in [0.15, 0.2) is 0 Å². The van der Waals surface area contributed by atoms with Gasteiger partial charge in [0.05, 0.1) is 0 Å². The SMILES string of the molecule is Cc1ccc(CCC(=O)N(CCC(N)=O)c2ccc(F)cc2)c(C)c1. The molecule has 4 nitrogen and oxygen atoms in total. The molecule has 0 saturated carbocycles. The summed E-state index contributed by atoms with van der Waals surface area (Å²) in [6.07, 6.45) is 0.978. The predicted octanol–water partition coefficient (Wildman–Crippen LogP) is 3.28. The van der Waals surface area contributed by atoms with Crippen LogP contribution >= 0.6 is 0 Å². The largest absolute Gasteiger partial charge is 0.370 e. The molecule has 132 valence electrons. The number of primary amides is 1. The number of nitrogens with zero attached hydrogens (tertiary/aromatic N) is 1. The van der Waals surface area contributed by atoms with Crippen molar-refractivity contribution >= 4 is 17.5 Å². The molecule has 0 heterocycles. The molecule has 2 aromatic carbocycles. The first-order chi connectivity index (χ1) is 11.9. The summed E-state index contributed by atoms with van der Waals surface area (Å²) >= 11 is 0. The Bertz CT molecular complexity index is 757. The monoisotopic (exact) mass is 342 g/mol. The van der Waals surface area contributed by atoms with Crippen molar-refractivity contribution in [2.75, 3.05) is 11.4 Å². The highest BCUT2D eigenvalue weighted by Gasteiger charge is 2.17. The van der Waals surface area contributed by atoms with Gasteiger partial charge in [0.1, 0.15) is 5.82 Å². The molecule has 0 aliphatic heterocycles. The molecular formula is C20H23FN2O2. The number of carbonyl (C=O) groups is 2. The van der Waals surface area contributed by atoms with E-state index < -0.39 is 5.91 Å². The highest BCUT2D eigenvalue weighted by Crippen LogP contribution is 2.18. The third-order valence-corrected chi connectivity index (χ3v) is 4.13. The summed E-state index contributed by atoms with van der Waals surface area (Å²) in [5.74, 6) is -0.969. The Morgan fingerprint density at radius 3 is 2.32 bits per heavy atom. The molecule has 0 aliphatic rings. The molecule has 0 aromatic heterocycles. The number of amides is 2. The molecule has 2 N–H and O–H groups in total. The van der Waals surface area contributed by atoms with Crippen molar-refractivity contribution in [2.45, 2.75) is 33.1 Å². The molecule has 0 fully saturated rings. The summed E-state index contributed by atoms with van der Waals surface area (Å²) < 4.78 is 13.1. The topological polar surface area (TPSA) is 63.4 Å². The highest BCUT2D eigenvalue weighted by atomic mass is 19.1. The van der Waals surface area contributed by atoms with Gasteiger partial charge in [0, 0.05) is 25.1 Å². The van der Waals surface area contributed by atoms with Crippen LogP contribution in [0.1, 0.15) is 29.5 Å². The Labute approximate surface area is 147 Å². The van der Waals surface area contributed by atoms with Gasteiger partial charge in [-0.1, -0.05) is 23.8 Å². The minimum atomic E-state index is -0.478. The molecule has 2 amide bonds. The summed E-state index contributed by atoms with van der Waals surface area (Å²) in [6, 6.07) is 11.8. The second-order valence-electron chi connectivity index (χ2n) is 6.17. The molecule has 0 spiro atoms. The number of hydrogen-bond acceptors (Lipinski definition) is 2. The first kappa shape index (κ1) is 18.6. The summed E-state index contributed by atoms with van der Waals surface area (Å²) in [5, 5.41) is 0. The zero-order chi connectivity index (χ0) is 18.4. The summed E-state index contributed by atoms with van der Waals surface area (Å²) in [4.78, 5) is 25.3. The van der Waals surface area contributed by atoms with Crippen molar-refractivity contribution < 1.29 is 14.0 Å². The molecule has 2 aromatic rings. The van der Waals surface area contributed by atoms with E-state index >= 15 is 0 Å². The molecule has 0 saturated heterocycles. The molecule has 2 rings (SSSR count). The summed E-state index contributed by atoms with van der Waals surface area (Å²) in [7, 11) is 0. The highest BCUT2D eigenvalue weighted by molar-refractivity contribution is 5.94. The maximum Gasteiger partial charge on any atom is 0.227 e. The van der Waals surface area contributed by atoms with Crippen LogP contribution in [0.15, 0.2) is 42.5 Å². The molecule has 0 radical (unpaired) electrons. The number of halogens is 1. The second kappa shape index (κ2) is 8.42. The Hall–Kier alpha value is -2.69. The number of aryl methyl sites for hydroxylation is 3. The first-order valence-electron chi connectivity index (χ1n) is 8.27. The average Bonchev–Trinajstić information content (AvgIpc) is 2.55. The number of benzene rings is 2. The number of nitrogens with two attached hydrogens (primary N) is 1. The fraction of sp³-hybridized carbons (Fsp3) is 0.300. The lowest BCUT2D eigenvalue weighted by atomic mass is 10.0. The van der Waals surface area contributed by atoms with Crippen LogP contribution in [0, 0.1) is 19.7 Å². The van der Waals surface area contributed by atoms with Crippen LogP contribution in [0.5, 0.6) is 0 Å². The molecule has 0 unspecified atom stereocenters. The lowest BCUT2D eigenvalue weighted by Crippen LogP contribution is -2.34. The number of anilines is 1. The van der Waals surface area contributed by atoms with E-state index in [0.717, 1.165) is 11.1 Å². The van der Waals surface area contributed by atoms with Crippen LogP contribution in [0.3, 0.4) is 0 Å². The van der Waals surface area contributed by atoms with Gasteiger partial charge in [-0.25, -0.2) is 4.39 Å². The molecule has 0 aliphatic carbocycles. The van der Waals surface area contributed by atoms with E-state index in [-0.39, 0.29) is 24.7 Å². The van der Waals surface area contributed by atoms with Gasteiger partial charge < -0.3 is 10.6 Å². The van der Waals surface area contributed by atoms with Crippen molar-refractivity contribution in [1.82, 2.24) is 0 Å². The Morgan fingerprint density at radius 2 is 1.72 bits per heavy atom. The van der Waals surface area contributed by atoms with E-state index in [2.05, 4.69) is 6.07 Å². The third kappa shape index (κ3) is 5.41. The zero-order valence-electron chi connectivity index (χ0n) is 14.6. The minimum Gasteiger partial charge on any atom is -0.370 e. The Balaban J connectivity index is 2.11. The minimum absolute atomic E-state index is 0.0622. The molecular weight excluding hydrogens is 319 g/mol. The van der Waals surface area contributed by atoms with Crippen molar-refractivity contribution in [2.24, 2.45) is 5.73 Å². The quantitative estimate of drug-likeness (QED) is 0.839. The number of carbonyl (C=O) groups excluding carboxylic acids is 2. The van der Waals surface area contributed by atoms with Crippen LogP contribution in [0.4, 0.5) is 10.1 Å². The third-order valence-electron chi connectivity index (χ3n) is 4.13. The van der Waals surface area contributed by atoms with Crippen molar-refractivity contribution in [3.05, 3.63) is 65.0 Å². The Morgan fingerprint density at radius 1 is 1.04 bits per heavy atom. The van der Waals surface area contributed by atoms with Gasteiger partial charge in [-0.15, -0.1) is 0 Å². The average molecular weight is 342 g/mol. The van der Waals surface area contributed by atoms with Gasteiger partial charge in [-0.3, -0.25) is 9.59 Å². The van der Waals surface area contributed by atoms with Crippen LogP contribution in [0.2, 0.25) is 0 Å². The smallest absolute Gasteiger partial charge is 0.227 e. The number of hydrogen-bond donors (Lipinski definition) is 1. The lowest BCUT2D eigenvalue weighted by molar-refractivity contribution is -0.119. The zero-order valence-corrected chi connectivity index (χ0v) is 14.6. The van der Waals surface area contributed by atoms with Gasteiger partial charge in [-0.2, -0.15) is 0 Å². The van der Waals surface area contributed by atoms with E-state index in [0.29, 0.717) is 18.5 Å². The second-order valence-corrected chi connectivity index (χ2v) is 6.17. The molecule has 0 atom stereocenters. The standard InChI is InChI=1S/C20H23FN2O2/c1-14-3-4-16(15(2)13-14)5-10-20(25)23(12-11-19(22)24)18-8-6-17(21)7-9-18/h3-4,6-9,13H,5,10-12H2,1-2H3,(H2,22,24). The van der Waals surface area contributed by atoms with E-state index in [9.17, 15) is 14.0 Å². The normalized spacial score (nSPS) is 10.5. The van der Waals surface area contributed by atoms with Crippen molar-refractivity contribution in [1.29, 1.82) is 0 Å². The Kier molecular flexibility index (Phi) is 6.28. The number of rotatable bonds is 7. The maximum absolute atomic E-state index is 13.1. The van der Waals surface area contributed by atoms with E-state index in [1.807, 2.05) is 26.0 Å². The van der Waals surface area contributed by atoms with Gasteiger partial charge in [-0.05, 0) is 55.7 Å². The first-order valence-corrected chi connectivity index (χ1v) is 8.27. The van der Waals surface area contributed by atoms with E-state index in [1.54, 1.807) is 0 Å². The molecule has 5 heteroatoms. The van der Waals surface area contributed by atoms with Gasteiger partial charge in [0.2, 0.25) is 11.8 Å². The summed E-state index contributed by atoms with van der Waals surface area (Å²) in [5.41, 5.74) is 9.22. The maximum atomic E-state index is 13.1. The van der Waals surface area contributed by atoms with Gasteiger partial charge >= 0.3 is 0 Å². The summed E-state index contributed by atoms with van der Waals surface area (Å²) in [6.45, 7) is 4.24. The fourth-order valence-electron chi connectivity index (χ4n) is 2.74. The van der Waals surface area contributed by atoms with E-state index in [1.165, 1.54) is 34.7 Å². The molecule has 0 bridgehead atoms. The lowest BCUT2D eigenvalue weighted by Gasteiger charge is -2.22. The van der Waals surface area contributed by atoms with Crippen LogP contribution in [-0.4, -0.2) is 18.4 Å². The van der Waals surface area contributed by atoms with Crippen LogP contribution in [0.25, 0.3) is 0 Å².